The summed E-state index contributed by atoms with van der Waals surface area (Å²) in [6.45, 7) is 2.98. The van der Waals surface area contributed by atoms with Gasteiger partial charge in [-0.2, -0.15) is 0 Å². The molecule has 0 bridgehead atoms. The van der Waals surface area contributed by atoms with E-state index in [1.54, 1.807) is 6.20 Å². The van der Waals surface area contributed by atoms with Crippen LogP contribution in [0.2, 0.25) is 0 Å². The normalized spacial score (nSPS) is 16.8. The number of halogens is 1. The lowest BCUT2D eigenvalue weighted by atomic mass is 10.1. The van der Waals surface area contributed by atoms with Crippen LogP contribution in [-0.4, -0.2) is 11.5 Å². The Balaban J connectivity index is 2.03. The van der Waals surface area contributed by atoms with E-state index in [4.69, 9.17) is 5.73 Å². The molecular weight excluding hydrogens is 229 g/mol. The molecule has 1 aliphatic carbocycles. The minimum Gasteiger partial charge on any atom is -0.398 e. The molecular formula is C14H16FN3. The molecule has 0 atom stereocenters. The third-order valence-corrected chi connectivity index (χ3v) is 3.67. The summed E-state index contributed by atoms with van der Waals surface area (Å²) >= 11 is 0. The van der Waals surface area contributed by atoms with Gasteiger partial charge in [0.2, 0.25) is 0 Å². The molecule has 1 heterocycles. The van der Waals surface area contributed by atoms with Crippen molar-refractivity contribution in [3.63, 3.8) is 0 Å². The topological polar surface area (TPSA) is 50.9 Å². The fourth-order valence-electron chi connectivity index (χ4n) is 2.10. The first-order chi connectivity index (χ1) is 8.59. The number of nitrogens with two attached hydrogens (primary N) is 1. The second kappa shape index (κ2) is 3.83. The molecule has 1 saturated carbocycles. The van der Waals surface area contributed by atoms with Gasteiger partial charge < -0.3 is 11.1 Å². The van der Waals surface area contributed by atoms with E-state index in [1.165, 1.54) is 18.9 Å². The SMILES string of the molecule is CC1(CNc2c(F)cc(N)c3cccnc23)CC1. The maximum Gasteiger partial charge on any atom is 0.150 e. The standard InChI is InChI=1S/C14H16FN3/c1-14(4-5-14)8-18-13-10(15)7-11(16)9-3-2-6-17-12(9)13/h2-3,6-7,18H,4-5,8,16H2,1H3. The second-order valence-electron chi connectivity index (χ2n) is 5.39. The highest BCUT2D eigenvalue weighted by molar-refractivity contribution is 5.98. The highest BCUT2D eigenvalue weighted by Crippen LogP contribution is 2.45. The molecule has 0 radical (unpaired) electrons. The van der Waals surface area contributed by atoms with Gasteiger partial charge in [0, 0.05) is 23.8 Å². The molecule has 3 N–H and O–H groups in total. The molecule has 4 heteroatoms. The van der Waals surface area contributed by atoms with E-state index in [2.05, 4.69) is 17.2 Å². The predicted molar refractivity (Wildman–Crippen MR) is 71.9 cm³/mol. The molecule has 18 heavy (non-hydrogen) atoms. The number of benzene rings is 1. The molecule has 1 fully saturated rings. The van der Waals surface area contributed by atoms with Gasteiger partial charge in [-0.25, -0.2) is 4.39 Å². The molecule has 1 aromatic carbocycles. The molecule has 2 aromatic rings. The van der Waals surface area contributed by atoms with E-state index in [0.717, 1.165) is 11.9 Å². The van der Waals surface area contributed by atoms with Gasteiger partial charge in [-0.3, -0.25) is 4.98 Å². The zero-order valence-electron chi connectivity index (χ0n) is 10.3. The number of aromatic nitrogens is 1. The third-order valence-electron chi connectivity index (χ3n) is 3.67. The first-order valence-electron chi connectivity index (χ1n) is 6.16. The monoisotopic (exact) mass is 245 g/mol. The summed E-state index contributed by atoms with van der Waals surface area (Å²) in [7, 11) is 0. The maximum absolute atomic E-state index is 14.0. The Kier molecular flexibility index (Phi) is 2.40. The van der Waals surface area contributed by atoms with Crippen molar-refractivity contribution in [2.45, 2.75) is 19.8 Å². The summed E-state index contributed by atoms with van der Waals surface area (Å²) in [6.07, 6.45) is 4.05. The van der Waals surface area contributed by atoms with Gasteiger partial charge in [0.25, 0.3) is 0 Å². The molecule has 0 unspecified atom stereocenters. The predicted octanol–water partition coefficient (Wildman–Crippen LogP) is 3.17. The first kappa shape index (κ1) is 11.3. The fourth-order valence-corrected chi connectivity index (χ4v) is 2.10. The molecule has 1 aliphatic rings. The Labute approximate surface area is 105 Å². The minimum atomic E-state index is -0.331. The average Bonchev–Trinajstić information content (AvgIpc) is 3.07. The average molecular weight is 245 g/mol. The van der Waals surface area contributed by atoms with Crippen LogP contribution in [-0.2, 0) is 0 Å². The Morgan fingerprint density at radius 1 is 1.50 bits per heavy atom. The molecule has 3 nitrogen and oxygen atoms in total. The summed E-state index contributed by atoms with van der Waals surface area (Å²) in [5.74, 6) is -0.331. The highest BCUT2D eigenvalue weighted by atomic mass is 19.1. The molecule has 1 aromatic heterocycles. The Morgan fingerprint density at radius 3 is 3.00 bits per heavy atom. The van der Waals surface area contributed by atoms with Crippen LogP contribution in [0.15, 0.2) is 24.4 Å². The van der Waals surface area contributed by atoms with Gasteiger partial charge >= 0.3 is 0 Å². The van der Waals surface area contributed by atoms with E-state index >= 15 is 0 Å². The molecule has 0 saturated heterocycles. The fraction of sp³-hybridized carbons (Fsp3) is 0.357. The van der Waals surface area contributed by atoms with E-state index in [0.29, 0.717) is 22.3 Å². The third kappa shape index (κ3) is 1.88. The summed E-state index contributed by atoms with van der Waals surface area (Å²) in [6, 6.07) is 5.03. The van der Waals surface area contributed by atoms with Gasteiger partial charge in [0.05, 0.1) is 11.2 Å². The van der Waals surface area contributed by atoms with Crippen LogP contribution in [0.1, 0.15) is 19.8 Å². The van der Waals surface area contributed by atoms with E-state index < -0.39 is 0 Å². The van der Waals surface area contributed by atoms with Gasteiger partial charge in [0.1, 0.15) is 0 Å². The van der Waals surface area contributed by atoms with Crippen LogP contribution >= 0.6 is 0 Å². The van der Waals surface area contributed by atoms with E-state index in [9.17, 15) is 4.39 Å². The number of fused-ring (bicyclic) bond motifs is 1. The Morgan fingerprint density at radius 2 is 2.28 bits per heavy atom. The van der Waals surface area contributed by atoms with Crippen LogP contribution in [0.25, 0.3) is 10.9 Å². The number of nitrogens with zero attached hydrogens (tertiary/aromatic N) is 1. The van der Waals surface area contributed by atoms with Crippen LogP contribution in [0.3, 0.4) is 0 Å². The lowest BCUT2D eigenvalue weighted by Crippen LogP contribution is -2.13. The van der Waals surface area contributed by atoms with Crippen LogP contribution in [0.5, 0.6) is 0 Å². The molecule has 3 rings (SSSR count). The number of hydrogen-bond donors (Lipinski definition) is 2. The molecule has 94 valence electrons. The summed E-state index contributed by atoms with van der Waals surface area (Å²) in [5, 5.41) is 3.99. The van der Waals surface area contributed by atoms with Crippen LogP contribution < -0.4 is 11.1 Å². The number of anilines is 2. The number of nitrogen functional groups attached to an aromatic ring is 1. The van der Waals surface area contributed by atoms with Gasteiger partial charge in [-0.15, -0.1) is 0 Å². The van der Waals surface area contributed by atoms with Crippen molar-refractivity contribution in [3.8, 4) is 0 Å². The largest absolute Gasteiger partial charge is 0.398 e. The number of pyridine rings is 1. The highest BCUT2D eigenvalue weighted by Gasteiger charge is 2.37. The first-order valence-corrected chi connectivity index (χ1v) is 6.16. The Hall–Kier alpha value is -1.84. The van der Waals surface area contributed by atoms with Crippen molar-refractivity contribution < 1.29 is 4.39 Å². The summed E-state index contributed by atoms with van der Waals surface area (Å²) in [5.41, 5.74) is 7.63. The summed E-state index contributed by atoms with van der Waals surface area (Å²) in [4.78, 5) is 4.24. The van der Waals surface area contributed by atoms with Gasteiger partial charge in [0.15, 0.2) is 5.82 Å². The van der Waals surface area contributed by atoms with Crippen molar-refractivity contribution in [3.05, 3.63) is 30.2 Å². The summed E-state index contributed by atoms with van der Waals surface area (Å²) < 4.78 is 14.0. The van der Waals surface area contributed by atoms with Crippen molar-refractivity contribution >= 4 is 22.3 Å². The van der Waals surface area contributed by atoms with Crippen molar-refractivity contribution in [1.82, 2.24) is 4.98 Å². The molecule has 0 spiro atoms. The molecule has 0 aliphatic heterocycles. The lowest BCUT2D eigenvalue weighted by Gasteiger charge is -2.14. The second-order valence-corrected chi connectivity index (χ2v) is 5.39. The maximum atomic E-state index is 14.0. The quantitative estimate of drug-likeness (QED) is 0.817. The Bertz CT molecular complexity index is 605. The van der Waals surface area contributed by atoms with E-state index in [1.807, 2.05) is 12.1 Å². The number of hydrogen-bond acceptors (Lipinski definition) is 3. The number of nitrogens with one attached hydrogen (secondary N) is 1. The zero-order valence-corrected chi connectivity index (χ0v) is 10.3. The van der Waals surface area contributed by atoms with Crippen LogP contribution in [0.4, 0.5) is 15.8 Å². The van der Waals surface area contributed by atoms with Gasteiger partial charge in [-0.05, 0) is 36.5 Å². The smallest absolute Gasteiger partial charge is 0.150 e. The van der Waals surface area contributed by atoms with Crippen molar-refractivity contribution in [1.29, 1.82) is 0 Å². The van der Waals surface area contributed by atoms with E-state index in [-0.39, 0.29) is 5.82 Å². The lowest BCUT2D eigenvalue weighted by molar-refractivity contribution is 0.598. The molecule has 0 amide bonds. The van der Waals surface area contributed by atoms with Crippen molar-refractivity contribution in [2.24, 2.45) is 5.41 Å². The number of rotatable bonds is 3. The van der Waals surface area contributed by atoms with Gasteiger partial charge in [-0.1, -0.05) is 6.92 Å². The van der Waals surface area contributed by atoms with Crippen LogP contribution in [0, 0.1) is 11.2 Å². The van der Waals surface area contributed by atoms with Crippen molar-refractivity contribution in [2.75, 3.05) is 17.6 Å². The zero-order chi connectivity index (χ0) is 12.8. The minimum absolute atomic E-state index is 0.314.